The van der Waals surface area contributed by atoms with Gasteiger partial charge in [0.05, 0.1) is 17.8 Å². The highest BCUT2D eigenvalue weighted by Crippen LogP contribution is 2.34. The average molecular weight is 455 g/mol. The lowest BCUT2D eigenvalue weighted by Gasteiger charge is -2.37. The van der Waals surface area contributed by atoms with Gasteiger partial charge in [0.1, 0.15) is 11.6 Å². The van der Waals surface area contributed by atoms with Crippen molar-refractivity contribution in [3.05, 3.63) is 113 Å². The van der Waals surface area contributed by atoms with Gasteiger partial charge in [-0.25, -0.2) is 9.37 Å². The van der Waals surface area contributed by atoms with Crippen LogP contribution in [0.5, 0.6) is 0 Å². The zero-order chi connectivity index (χ0) is 23.7. The van der Waals surface area contributed by atoms with E-state index in [1.165, 1.54) is 17.7 Å². The van der Waals surface area contributed by atoms with E-state index < -0.39 is 6.04 Å². The SMILES string of the molecule is Cc1[nH]c([C@@H]2Cc3ccccc3CN2C(=O)[C@@H](N)Cc2ccc(F)cc2)nc1-c1ccccc1. The normalized spacial score (nSPS) is 16.2. The van der Waals surface area contributed by atoms with Crippen molar-refractivity contribution in [1.82, 2.24) is 14.9 Å². The molecule has 5 rings (SSSR count). The number of nitrogens with one attached hydrogen (secondary N) is 1. The van der Waals surface area contributed by atoms with Crippen LogP contribution in [0.3, 0.4) is 0 Å². The number of hydrogen-bond donors (Lipinski definition) is 2. The van der Waals surface area contributed by atoms with Crippen molar-refractivity contribution in [2.45, 2.75) is 38.4 Å². The number of carbonyl (C=O) groups excluding carboxylic acids is 1. The van der Waals surface area contributed by atoms with E-state index in [1.54, 1.807) is 12.1 Å². The van der Waals surface area contributed by atoms with E-state index in [-0.39, 0.29) is 17.8 Å². The van der Waals surface area contributed by atoms with Crippen LogP contribution in [0, 0.1) is 12.7 Å². The maximum atomic E-state index is 13.6. The molecule has 6 heteroatoms. The molecule has 1 aliphatic heterocycles. The minimum atomic E-state index is -0.733. The number of benzene rings is 3. The highest BCUT2D eigenvalue weighted by molar-refractivity contribution is 5.82. The van der Waals surface area contributed by atoms with Crippen molar-refractivity contribution in [3.8, 4) is 11.3 Å². The number of aryl methyl sites for hydroxylation is 1. The summed E-state index contributed by atoms with van der Waals surface area (Å²) in [5.74, 6) is 0.311. The van der Waals surface area contributed by atoms with Crippen molar-refractivity contribution in [2.75, 3.05) is 0 Å². The summed E-state index contributed by atoms with van der Waals surface area (Å²) in [5.41, 5.74) is 12.4. The van der Waals surface area contributed by atoms with Crippen LogP contribution < -0.4 is 5.73 Å². The second-order valence-electron chi connectivity index (χ2n) is 8.85. The Morgan fingerprint density at radius 2 is 1.74 bits per heavy atom. The molecule has 172 valence electrons. The van der Waals surface area contributed by atoms with Crippen LogP contribution in [0.25, 0.3) is 11.3 Å². The molecule has 3 aromatic carbocycles. The molecule has 0 unspecified atom stereocenters. The van der Waals surface area contributed by atoms with Gasteiger partial charge in [-0.1, -0.05) is 66.7 Å². The first kappa shape index (κ1) is 22.0. The highest BCUT2D eigenvalue weighted by Gasteiger charge is 2.35. The first-order valence-corrected chi connectivity index (χ1v) is 11.5. The van der Waals surface area contributed by atoms with Crippen molar-refractivity contribution >= 4 is 5.91 Å². The summed E-state index contributed by atoms with van der Waals surface area (Å²) in [6, 6.07) is 23.4. The van der Waals surface area contributed by atoms with Crippen LogP contribution in [0.4, 0.5) is 4.39 Å². The predicted octanol–water partition coefficient (Wildman–Crippen LogP) is 4.72. The van der Waals surface area contributed by atoms with Crippen LogP contribution in [0.2, 0.25) is 0 Å². The molecule has 0 fully saturated rings. The van der Waals surface area contributed by atoms with E-state index in [9.17, 15) is 9.18 Å². The van der Waals surface area contributed by atoms with Crippen molar-refractivity contribution in [2.24, 2.45) is 5.73 Å². The van der Waals surface area contributed by atoms with E-state index in [0.717, 1.165) is 33.9 Å². The molecule has 0 spiro atoms. The van der Waals surface area contributed by atoms with Gasteiger partial charge in [0.25, 0.3) is 0 Å². The van der Waals surface area contributed by atoms with Gasteiger partial charge in [0, 0.05) is 24.2 Å². The molecule has 4 aromatic rings. The Balaban J connectivity index is 1.47. The third-order valence-corrected chi connectivity index (χ3v) is 6.48. The van der Waals surface area contributed by atoms with E-state index in [2.05, 4.69) is 17.1 Å². The van der Waals surface area contributed by atoms with Gasteiger partial charge >= 0.3 is 0 Å². The van der Waals surface area contributed by atoms with E-state index in [1.807, 2.05) is 54.3 Å². The first-order chi connectivity index (χ1) is 16.5. The van der Waals surface area contributed by atoms with Crippen molar-refractivity contribution in [3.63, 3.8) is 0 Å². The third-order valence-electron chi connectivity index (χ3n) is 6.48. The number of imidazole rings is 1. The second kappa shape index (κ2) is 9.23. The van der Waals surface area contributed by atoms with Crippen LogP contribution in [-0.4, -0.2) is 26.8 Å². The van der Waals surface area contributed by atoms with E-state index in [0.29, 0.717) is 19.4 Å². The average Bonchev–Trinajstić information content (AvgIpc) is 3.26. The predicted molar refractivity (Wildman–Crippen MR) is 130 cm³/mol. The number of hydrogen-bond acceptors (Lipinski definition) is 3. The lowest BCUT2D eigenvalue weighted by molar-refractivity contribution is -0.136. The number of aromatic nitrogens is 2. The van der Waals surface area contributed by atoms with Gasteiger partial charge in [0.15, 0.2) is 0 Å². The van der Waals surface area contributed by atoms with Gasteiger partial charge in [0.2, 0.25) is 5.91 Å². The van der Waals surface area contributed by atoms with Gasteiger partial charge in [-0.3, -0.25) is 4.79 Å². The molecular weight excluding hydrogens is 427 g/mol. The molecule has 0 saturated carbocycles. The molecule has 0 bridgehead atoms. The van der Waals surface area contributed by atoms with E-state index >= 15 is 0 Å². The number of aromatic amines is 1. The summed E-state index contributed by atoms with van der Waals surface area (Å²) >= 11 is 0. The number of H-pyrrole nitrogens is 1. The number of amides is 1. The molecule has 1 amide bonds. The Labute approximate surface area is 198 Å². The second-order valence-corrected chi connectivity index (χ2v) is 8.85. The molecule has 1 aromatic heterocycles. The largest absolute Gasteiger partial charge is 0.344 e. The smallest absolute Gasteiger partial charge is 0.240 e. The maximum absolute atomic E-state index is 13.6. The third kappa shape index (κ3) is 4.37. The number of carbonyl (C=O) groups is 1. The van der Waals surface area contributed by atoms with Gasteiger partial charge in [-0.05, 0) is 42.2 Å². The van der Waals surface area contributed by atoms with E-state index in [4.69, 9.17) is 10.7 Å². The Hall–Kier alpha value is -3.77. The fraction of sp³-hybridized carbons (Fsp3) is 0.214. The summed E-state index contributed by atoms with van der Waals surface area (Å²) in [6.45, 7) is 2.47. The number of nitrogens with two attached hydrogens (primary N) is 1. The topological polar surface area (TPSA) is 75.0 Å². The molecule has 0 saturated heterocycles. The molecular formula is C28H27FN4O. The van der Waals surface area contributed by atoms with Gasteiger partial charge in [-0.2, -0.15) is 0 Å². The summed E-state index contributed by atoms with van der Waals surface area (Å²) in [4.78, 5) is 23.8. The summed E-state index contributed by atoms with van der Waals surface area (Å²) in [6.07, 6.45) is 1.00. The maximum Gasteiger partial charge on any atom is 0.240 e. The summed E-state index contributed by atoms with van der Waals surface area (Å²) in [7, 11) is 0. The number of halogens is 1. The first-order valence-electron chi connectivity index (χ1n) is 11.5. The zero-order valence-electron chi connectivity index (χ0n) is 19.0. The minimum Gasteiger partial charge on any atom is -0.344 e. The lowest BCUT2D eigenvalue weighted by Crippen LogP contribution is -2.48. The molecule has 2 heterocycles. The Kier molecular flexibility index (Phi) is 5.99. The van der Waals surface area contributed by atoms with Gasteiger partial charge < -0.3 is 15.6 Å². The lowest BCUT2D eigenvalue weighted by atomic mass is 9.92. The highest BCUT2D eigenvalue weighted by atomic mass is 19.1. The molecule has 34 heavy (non-hydrogen) atoms. The Morgan fingerprint density at radius 3 is 2.47 bits per heavy atom. The Morgan fingerprint density at radius 1 is 1.06 bits per heavy atom. The number of rotatable bonds is 5. The summed E-state index contributed by atoms with van der Waals surface area (Å²) in [5, 5.41) is 0. The minimum absolute atomic E-state index is 0.140. The standard InChI is InChI=1S/C28H27FN4O/c1-18-26(20-7-3-2-4-8-20)32-27(31-18)25-16-21-9-5-6-10-22(21)17-33(25)28(34)24(30)15-19-11-13-23(29)14-12-19/h2-14,24-25H,15-17,30H2,1H3,(H,31,32)/t24-,25-/m0/s1. The summed E-state index contributed by atoms with van der Waals surface area (Å²) < 4.78 is 13.3. The molecule has 0 radical (unpaired) electrons. The molecule has 1 aliphatic rings. The molecule has 3 N–H and O–H groups in total. The Bertz CT molecular complexity index is 1300. The fourth-order valence-electron chi connectivity index (χ4n) is 4.69. The van der Waals surface area contributed by atoms with Crippen LogP contribution in [-0.2, 0) is 24.2 Å². The molecule has 2 atom stereocenters. The van der Waals surface area contributed by atoms with Crippen LogP contribution in [0.1, 0.15) is 34.3 Å². The quantitative estimate of drug-likeness (QED) is 0.458. The van der Waals surface area contributed by atoms with Crippen LogP contribution >= 0.6 is 0 Å². The number of nitrogens with zero attached hydrogens (tertiary/aromatic N) is 2. The monoisotopic (exact) mass is 454 g/mol. The van der Waals surface area contributed by atoms with Crippen LogP contribution in [0.15, 0.2) is 78.9 Å². The van der Waals surface area contributed by atoms with Crippen molar-refractivity contribution < 1.29 is 9.18 Å². The van der Waals surface area contributed by atoms with Gasteiger partial charge in [-0.15, -0.1) is 0 Å². The molecule has 5 nitrogen and oxygen atoms in total. The zero-order valence-corrected chi connectivity index (χ0v) is 19.0. The molecule has 0 aliphatic carbocycles. The fourth-order valence-corrected chi connectivity index (χ4v) is 4.69. The number of fused-ring (bicyclic) bond motifs is 1. The van der Waals surface area contributed by atoms with Crippen molar-refractivity contribution in [1.29, 1.82) is 0 Å².